The third-order valence-corrected chi connectivity index (χ3v) is 3.10. The molecular weight excluding hydrogens is 198 g/mol. The number of hydrogen-bond donors (Lipinski definition) is 2. The van der Waals surface area contributed by atoms with Crippen molar-refractivity contribution in [3.63, 3.8) is 0 Å². The lowest BCUT2D eigenvalue weighted by Crippen LogP contribution is -2.36. The van der Waals surface area contributed by atoms with Gasteiger partial charge in [-0.15, -0.1) is 11.3 Å². The molecular formula is C10H15NO2S. The van der Waals surface area contributed by atoms with E-state index in [0.29, 0.717) is 0 Å². The van der Waals surface area contributed by atoms with E-state index in [-0.39, 0.29) is 6.04 Å². The first-order valence-electron chi connectivity index (χ1n) is 4.67. The van der Waals surface area contributed by atoms with Crippen LogP contribution in [-0.2, 0) is 4.79 Å². The number of carbonyl (C=O) groups is 1. The van der Waals surface area contributed by atoms with Crippen molar-refractivity contribution >= 4 is 17.3 Å². The summed E-state index contributed by atoms with van der Waals surface area (Å²) in [6.45, 7) is 3.71. The zero-order chi connectivity index (χ0) is 10.6. The average Bonchev–Trinajstić information content (AvgIpc) is 2.66. The first kappa shape index (κ1) is 11.2. The highest BCUT2D eigenvalue weighted by atomic mass is 32.1. The number of aliphatic carboxylic acids is 1. The number of thiophene rings is 1. The van der Waals surface area contributed by atoms with E-state index in [2.05, 4.69) is 5.32 Å². The van der Waals surface area contributed by atoms with E-state index in [4.69, 9.17) is 5.11 Å². The van der Waals surface area contributed by atoms with Gasteiger partial charge in [-0.1, -0.05) is 13.0 Å². The van der Waals surface area contributed by atoms with Gasteiger partial charge in [-0.3, -0.25) is 10.1 Å². The Morgan fingerprint density at radius 3 is 2.86 bits per heavy atom. The summed E-state index contributed by atoms with van der Waals surface area (Å²) in [5, 5.41) is 13.8. The maximum Gasteiger partial charge on any atom is 0.320 e. The average molecular weight is 213 g/mol. The molecule has 78 valence electrons. The molecule has 0 fully saturated rings. The number of carboxylic acids is 1. The van der Waals surface area contributed by atoms with E-state index in [1.165, 1.54) is 4.88 Å². The topological polar surface area (TPSA) is 49.3 Å². The molecule has 0 bridgehead atoms. The second-order valence-corrected chi connectivity index (χ2v) is 4.18. The van der Waals surface area contributed by atoms with Gasteiger partial charge in [0.1, 0.15) is 6.04 Å². The van der Waals surface area contributed by atoms with Crippen molar-refractivity contribution in [2.24, 2.45) is 0 Å². The lowest BCUT2D eigenvalue weighted by atomic mass is 10.1. The summed E-state index contributed by atoms with van der Waals surface area (Å²) in [5.74, 6) is -0.806. The van der Waals surface area contributed by atoms with Gasteiger partial charge in [-0.05, 0) is 24.8 Å². The summed E-state index contributed by atoms with van der Waals surface area (Å²) in [6.07, 6.45) is 0.901. The molecule has 3 nitrogen and oxygen atoms in total. The molecule has 0 aromatic carbocycles. The maximum atomic E-state index is 10.7. The molecule has 0 radical (unpaired) electrons. The molecule has 1 aromatic rings. The van der Waals surface area contributed by atoms with Crippen LogP contribution in [0, 0.1) is 0 Å². The highest BCUT2D eigenvalue weighted by Gasteiger charge is 2.17. The van der Waals surface area contributed by atoms with E-state index in [0.717, 1.165) is 6.42 Å². The van der Waals surface area contributed by atoms with Crippen molar-refractivity contribution in [3.05, 3.63) is 22.4 Å². The Balaban J connectivity index is 2.60. The molecule has 2 unspecified atom stereocenters. The van der Waals surface area contributed by atoms with E-state index in [1.807, 2.05) is 24.4 Å². The maximum absolute atomic E-state index is 10.7. The van der Waals surface area contributed by atoms with Crippen LogP contribution in [0.4, 0.5) is 0 Å². The molecule has 1 rings (SSSR count). The van der Waals surface area contributed by atoms with Crippen LogP contribution in [0.25, 0.3) is 0 Å². The summed E-state index contributed by atoms with van der Waals surface area (Å²) in [4.78, 5) is 11.9. The Hall–Kier alpha value is -0.870. The second-order valence-electron chi connectivity index (χ2n) is 3.20. The molecule has 0 aliphatic rings. The quantitative estimate of drug-likeness (QED) is 0.788. The van der Waals surface area contributed by atoms with Crippen molar-refractivity contribution < 1.29 is 9.90 Å². The van der Waals surface area contributed by atoms with E-state index in [9.17, 15) is 4.79 Å². The van der Waals surface area contributed by atoms with Crippen LogP contribution in [0.2, 0.25) is 0 Å². The molecule has 14 heavy (non-hydrogen) atoms. The first-order valence-corrected chi connectivity index (χ1v) is 5.55. The van der Waals surface area contributed by atoms with Crippen molar-refractivity contribution in [2.45, 2.75) is 32.4 Å². The summed E-state index contributed by atoms with van der Waals surface area (Å²) in [5.41, 5.74) is 0. The third-order valence-electron chi connectivity index (χ3n) is 2.12. The SMILES string of the molecule is CCC(NC(C)C(=O)O)c1cccs1. The minimum absolute atomic E-state index is 0.154. The third kappa shape index (κ3) is 2.82. The number of rotatable bonds is 5. The summed E-state index contributed by atoms with van der Waals surface area (Å²) >= 11 is 1.65. The number of hydrogen-bond acceptors (Lipinski definition) is 3. The second kappa shape index (κ2) is 5.12. The van der Waals surface area contributed by atoms with Gasteiger partial charge >= 0.3 is 5.97 Å². The van der Waals surface area contributed by atoms with Crippen molar-refractivity contribution in [3.8, 4) is 0 Å². The van der Waals surface area contributed by atoms with Gasteiger partial charge in [0.15, 0.2) is 0 Å². The van der Waals surface area contributed by atoms with Gasteiger partial charge in [0.2, 0.25) is 0 Å². The highest BCUT2D eigenvalue weighted by molar-refractivity contribution is 7.10. The van der Waals surface area contributed by atoms with Gasteiger partial charge in [0.05, 0.1) is 0 Å². The molecule has 1 aromatic heterocycles. The van der Waals surface area contributed by atoms with E-state index in [1.54, 1.807) is 18.3 Å². The van der Waals surface area contributed by atoms with Crippen LogP contribution in [0.5, 0.6) is 0 Å². The Morgan fingerprint density at radius 2 is 2.43 bits per heavy atom. The zero-order valence-corrected chi connectivity index (χ0v) is 9.17. The van der Waals surface area contributed by atoms with E-state index < -0.39 is 12.0 Å². The van der Waals surface area contributed by atoms with Crippen LogP contribution >= 0.6 is 11.3 Å². The predicted octanol–water partition coefficient (Wildman–Crippen LogP) is 2.26. The lowest BCUT2D eigenvalue weighted by Gasteiger charge is -2.18. The molecule has 0 spiro atoms. The van der Waals surface area contributed by atoms with Crippen LogP contribution in [0.1, 0.15) is 31.2 Å². The molecule has 0 aliphatic carbocycles. The molecule has 4 heteroatoms. The number of carboxylic acid groups (broad SMARTS) is 1. The van der Waals surface area contributed by atoms with E-state index >= 15 is 0 Å². The minimum Gasteiger partial charge on any atom is -0.480 e. The molecule has 0 aliphatic heterocycles. The Morgan fingerprint density at radius 1 is 1.71 bits per heavy atom. The van der Waals surface area contributed by atoms with Gasteiger partial charge in [0.25, 0.3) is 0 Å². The van der Waals surface area contributed by atoms with Gasteiger partial charge in [-0.2, -0.15) is 0 Å². The Bertz CT molecular complexity index is 284. The largest absolute Gasteiger partial charge is 0.480 e. The fourth-order valence-electron chi connectivity index (χ4n) is 1.26. The molecule has 0 saturated heterocycles. The molecule has 0 amide bonds. The summed E-state index contributed by atoms with van der Waals surface area (Å²) in [6, 6.07) is 3.67. The van der Waals surface area contributed by atoms with Gasteiger partial charge in [-0.25, -0.2) is 0 Å². The highest BCUT2D eigenvalue weighted by Crippen LogP contribution is 2.21. The normalized spacial score (nSPS) is 15.0. The summed E-state index contributed by atoms with van der Waals surface area (Å²) in [7, 11) is 0. The Kier molecular flexibility index (Phi) is 4.10. The fourth-order valence-corrected chi connectivity index (χ4v) is 2.13. The van der Waals surface area contributed by atoms with Crippen molar-refractivity contribution in [1.29, 1.82) is 0 Å². The minimum atomic E-state index is -0.806. The van der Waals surface area contributed by atoms with Gasteiger partial charge in [0, 0.05) is 10.9 Å². The smallest absolute Gasteiger partial charge is 0.320 e. The molecule has 2 atom stereocenters. The predicted molar refractivity (Wildman–Crippen MR) is 57.6 cm³/mol. The van der Waals surface area contributed by atoms with Crippen molar-refractivity contribution in [2.75, 3.05) is 0 Å². The molecule has 0 saturated carbocycles. The standard InChI is InChI=1S/C10H15NO2S/c1-3-8(9-5-4-6-14-9)11-7(2)10(12)13/h4-8,11H,3H2,1-2H3,(H,12,13). The fraction of sp³-hybridized carbons (Fsp3) is 0.500. The van der Waals surface area contributed by atoms with Gasteiger partial charge < -0.3 is 5.11 Å². The first-order chi connectivity index (χ1) is 6.65. The molecule has 2 N–H and O–H groups in total. The Labute approximate surface area is 87.8 Å². The van der Waals surface area contributed by atoms with Crippen molar-refractivity contribution in [1.82, 2.24) is 5.32 Å². The monoisotopic (exact) mass is 213 g/mol. The van der Waals surface area contributed by atoms with Crippen LogP contribution < -0.4 is 5.32 Å². The summed E-state index contributed by atoms with van der Waals surface area (Å²) < 4.78 is 0. The van der Waals surface area contributed by atoms with Crippen LogP contribution in [-0.4, -0.2) is 17.1 Å². The lowest BCUT2D eigenvalue weighted by molar-refractivity contribution is -0.139. The van der Waals surface area contributed by atoms with Crippen LogP contribution in [0.3, 0.4) is 0 Å². The number of nitrogens with one attached hydrogen (secondary N) is 1. The molecule has 1 heterocycles. The van der Waals surface area contributed by atoms with Crippen LogP contribution in [0.15, 0.2) is 17.5 Å². The zero-order valence-electron chi connectivity index (χ0n) is 8.36.